The highest BCUT2D eigenvalue weighted by molar-refractivity contribution is 5.43. The van der Waals surface area contributed by atoms with Gasteiger partial charge in [0.2, 0.25) is 5.89 Å². The number of oxazole rings is 1. The predicted octanol–water partition coefficient (Wildman–Crippen LogP) is 2.43. The Bertz CT molecular complexity index is 580. The van der Waals surface area contributed by atoms with Crippen molar-refractivity contribution in [3.63, 3.8) is 0 Å². The number of nitrogens with zero attached hydrogens (tertiary/aromatic N) is 1. The summed E-state index contributed by atoms with van der Waals surface area (Å²) in [6.45, 7) is 4.66. The minimum Gasteiger partial charge on any atom is -0.490 e. The van der Waals surface area contributed by atoms with Gasteiger partial charge in [-0.1, -0.05) is 6.07 Å². The molecule has 2 aromatic rings. The molecule has 0 amide bonds. The second-order valence-electron chi connectivity index (χ2n) is 4.80. The lowest BCUT2D eigenvalue weighted by molar-refractivity contribution is 0.297. The van der Waals surface area contributed by atoms with Crippen molar-refractivity contribution in [2.45, 2.75) is 26.4 Å². The number of aromatic nitrogens is 1. The van der Waals surface area contributed by atoms with E-state index in [1.54, 1.807) is 6.20 Å². The predicted molar refractivity (Wildman–Crippen MR) is 73.8 cm³/mol. The molecule has 1 aliphatic heterocycles. The highest BCUT2D eigenvalue weighted by Gasteiger charge is 2.10. The molecule has 5 heteroatoms. The Morgan fingerprint density at radius 3 is 2.80 bits per heavy atom. The fourth-order valence-corrected chi connectivity index (χ4v) is 2.11. The Kier molecular flexibility index (Phi) is 3.87. The average molecular weight is 274 g/mol. The van der Waals surface area contributed by atoms with Crippen LogP contribution in [0.25, 0.3) is 0 Å². The zero-order chi connectivity index (χ0) is 13.8. The molecule has 0 aliphatic carbocycles. The summed E-state index contributed by atoms with van der Waals surface area (Å²) >= 11 is 0. The molecule has 1 aliphatic rings. The number of ether oxygens (including phenoxy) is 2. The van der Waals surface area contributed by atoms with Crippen LogP contribution < -0.4 is 14.8 Å². The number of aryl methyl sites for hydroxylation is 1. The molecule has 0 radical (unpaired) electrons. The third kappa shape index (κ3) is 3.11. The number of hydrogen-bond acceptors (Lipinski definition) is 5. The molecule has 0 saturated heterocycles. The van der Waals surface area contributed by atoms with E-state index < -0.39 is 0 Å². The smallest absolute Gasteiger partial charge is 0.208 e. The topological polar surface area (TPSA) is 56.5 Å². The summed E-state index contributed by atoms with van der Waals surface area (Å²) < 4.78 is 16.7. The molecule has 3 rings (SSSR count). The quantitative estimate of drug-likeness (QED) is 0.928. The minimum atomic E-state index is 0.613. The zero-order valence-electron chi connectivity index (χ0n) is 11.5. The first-order valence-corrected chi connectivity index (χ1v) is 6.82. The van der Waals surface area contributed by atoms with Crippen molar-refractivity contribution >= 4 is 0 Å². The largest absolute Gasteiger partial charge is 0.490 e. The van der Waals surface area contributed by atoms with E-state index in [0.717, 1.165) is 35.8 Å². The summed E-state index contributed by atoms with van der Waals surface area (Å²) in [6.07, 6.45) is 2.65. The molecule has 20 heavy (non-hydrogen) atoms. The molecule has 0 saturated carbocycles. The van der Waals surface area contributed by atoms with Crippen LogP contribution in [0, 0.1) is 6.92 Å². The van der Waals surface area contributed by atoms with Crippen LogP contribution in [0.15, 0.2) is 28.8 Å². The highest BCUT2D eigenvalue weighted by Crippen LogP contribution is 2.30. The summed E-state index contributed by atoms with van der Waals surface area (Å²) in [5.41, 5.74) is 1.15. The van der Waals surface area contributed by atoms with E-state index in [4.69, 9.17) is 13.9 Å². The van der Waals surface area contributed by atoms with Gasteiger partial charge in [0.15, 0.2) is 11.5 Å². The SMILES string of the molecule is Cc1cnc(CNCc2ccc3c(c2)OCCCO3)o1. The summed E-state index contributed by atoms with van der Waals surface area (Å²) in [4.78, 5) is 4.16. The van der Waals surface area contributed by atoms with E-state index in [1.807, 2.05) is 25.1 Å². The molecule has 0 fully saturated rings. The van der Waals surface area contributed by atoms with Gasteiger partial charge in [-0.2, -0.15) is 0 Å². The van der Waals surface area contributed by atoms with Gasteiger partial charge < -0.3 is 19.2 Å². The maximum Gasteiger partial charge on any atom is 0.208 e. The number of fused-ring (bicyclic) bond motifs is 1. The van der Waals surface area contributed by atoms with Crippen molar-refractivity contribution in [1.82, 2.24) is 10.3 Å². The first kappa shape index (κ1) is 13.0. The monoisotopic (exact) mass is 274 g/mol. The fraction of sp³-hybridized carbons (Fsp3) is 0.400. The van der Waals surface area contributed by atoms with Crippen molar-refractivity contribution in [1.29, 1.82) is 0 Å². The van der Waals surface area contributed by atoms with Gasteiger partial charge >= 0.3 is 0 Å². The molecular weight excluding hydrogens is 256 g/mol. The second kappa shape index (κ2) is 5.96. The van der Waals surface area contributed by atoms with Crippen LogP contribution in [0.5, 0.6) is 11.5 Å². The highest BCUT2D eigenvalue weighted by atomic mass is 16.5. The molecule has 1 N–H and O–H groups in total. The van der Waals surface area contributed by atoms with Crippen LogP contribution in [0.3, 0.4) is 0 Å². The van der Waals surface area contributed by atoms with E-state index in [9.17, 15) is 0 Å². The third-order valence-corrected chi connectivity index (χ3v) is 3.09. The van der Waals surface area contributed by atoms with Crippen LogP contribution in [0.2, 0.25) is 0 Å². The van der Waals surface area contributed by atoms with Crippen molar-refractivity contribution in [2.75, 3.05) is 13.2 Å². The van der Waals surface area contributed by atoms with Crippen molar-refractivity contribution in [3.8, 4) is 11.5 Å². The Morgan fingerprint density at radius 2 is 2.00 bits per heavy atom. The van der Waals surface area contributed by atoms with Crippen LogP contribution in [-0.4, -0.2) is 18.2 Å². The van der Waals surface area contributed by atoms with Gasteiger partial charge in [0, 0.05) is 13.0 Å². The van der Waals surface area contributed by atoms with Crippen molar-refractivity contribution in [2.24, 2.45) is 0 Å². The molecule has 0 bridgehead atoms. The molecule has 1 aromatic carbocycles. The summed E-state index contributed by atoms with van der Waals surface area (Å²) in [7, 11) is 0. The molecule has 0 atom stereocenters. The molecule has 5 nitrogen and oxygen atoms in total. The fourth-order valence-electron chi connectivity index (χ4n) is 2.11. The molecule has 0 spiro atoms. The standard InChI is InChI=1S/C15H18N2O3/c1-11-8-17-15(20-11)10-16-9-12-3-4-13-14(7-12)19-6-2-5-18-13/h3-4,7-8,16H,2,5-6,9-10H2,1H3. The molecule has 106 valence electrons. The Labute approximate surface area is 117 Å². The Hall–Kier alpha value is -2.01. The maximum absolute atomic E-state index is 5.67. The number of rotatable bonds is 4. The van der Waals surface area contributed by atoms with E-state index in [1.165, 1.54) is 0 Å². The lowest BCUT2D eigenvalue weighted by Crippen LogP contribution is -2.13. The van der Waals surface area contributed by atoms with Crippen LogP contribution in [-0.2, 0) is 13.1 Å². The lowest BCUT2D eigenvalue weighted by Gasteiger charge is -2.09. The number of benzene rings is 1. The van der Waals surface area contributed by atoms with Gasteiger partial charge in [-0.3, -0.25) is 0 Å². The first-order valence-electron chi connectivity index (χ1n) is 6.82. The maximum atomic E-state index is 5.67. The van der Waals surface area contributed by atoms with Gasteiger partial charge in [0.25, 0.3) is 0 Å². The van der Waals surface area contributed by atoms with E-state index in [0.29, 0.717) is 25.6 Å². The second-order valence-corrected chi connectivity index (χ2v) is 4.80. The van der Waals surface area contributed by atoms with Crippen LogP contribution >= 0.6 is 0 Å². The van der Waals surface area contributed by atoms with Crippen molar-refractivity contribution < 1.29 is 13.9 Å². The number of nitrogens with one attached hydrogen (secondary N) is 1. The first-order chi connectivity index (χ1) is 9.81. The van der Waals surface area contributed by atoms with Gasteiger partial charge in [-0.05, 0) is 24.6 Å². The zero-order valence-corrected chi connectivity index (χ0v) is 11.5. The normalized spacial score (nSPS) is 14.1. The van der Waals surface area contributed by atoms with Crippen molar-refractivity contribution in [3.05, 3.63) is 41.6 Å². The Morgan fingerprint density at radius 1 is 1.15 bits per heavy atom. The van der Waals surface area contributed by atoms with E-state index >= 15 is 0 Å². The summed E-state index contributed by atoms with van der Waals surface area (Å²) in [6, 6.07) is 6.03. The summed E-state index contributed by atoms with van der Waals surface area (Å²) in [5, 5.41) is 3.30. The van der Waals surface area contributed by atoms with Gasteiger partial charge in [0.1, 0.15) is 5.76 Å². The van der Waals surface area contributed by atoms with Gasteiger partial charge in [-0.15, -0.1) is 0 Å². The third-order valence-electron chi connectivity index (χ3n) is 3.09. The van der Waals surface area contributed by atoms with Gasteiger partial charge in [0.05, 0.1) is 26.0 Å². The van der Waals surface area contributed by atoms with E-state index in [2.05, 4.69) is 10.3 Å². The minimum absolute atomic E-state index is 0.613. The lowest BCUT2D eigenvalue weighted by atomic mass is 10.2. The molecule has 0 unspecified atom stereocenters. The molecular formula is C15H18N2O3. The average Bonchev–Trinajstić information content (AvgIpc) is 2.73. The van der Waals surface area contributed by atoms with E-state index in [-0.39, 0.29) is 0 Å². The summed E-state index contributed by atoms with van der Waals surface area (Å²) in [5.74, 6) is 3.19. The van der Waals surface area contributed by atoms with Gasteiger partial charge in [-0.25, -0.2) is 4.98 Å². The Balaban J connectivity index is 1.59. The molecule has 1 aromatic heterocycles. The van der Waals surface area contributed by atoms with Crippen LogP contribution in [0.1, 0.15) is 23.6 Å². The number of hydrogen-bond donors (Lipinski definition) is 1. The molecule has 2 heterocycles. The van der Waals surface area contributed by atoms with Crippen LogP contribution in [0.4, 0.5) is 0 Å².